The molecule has 1 heterocycles. The van der Waals surface area contributed by atoms with Crippen LogP contribution in [0.2, 0.25) is 0 Å². The summed E-state index contributed by atoms with van der Waals surface area (Å²) in [6.45, 7) is 2.55. The van der Waals surface area contributed by atoms with Crippen LogP contribution in [0.1, 0.15) is 13.3 Å². The molecule has 0 saturated carbocycles. The highest BCUT2D eigenvalue weighted by Crippen LogP contribution is 2.15. The van der Waals surface area contributed by atoms with Crippen LogP contribution in [-0.2, 0) is 9.53 Å². The minimum Gasteiger partial charge on any atom is -0.385 e. The molecular weight excluding hydrogens is 236 g/mol. The number of amidine groups is 1. The van der Waals surface area contributed by atoms with Gasteiger partial charge in [-0.1, -0.05) is 0 Å². The van der Waals surface area contributed by atoms with Crippen LogP contribution in [0.4, 0.5) is 0 Å². The van der Waals surface area contributed by atoms with Crippen LogP contribution in [0.3, 0.4) is 0 Å². The molecular formula is C11H16N4O3. The zero-order valence-corrected chi connectivity index (χ0v) is 10.4. The number of amides is 1. The molecule has 0 aromatic heterocycles. The van der Waals surface area contributed by atoms with Crippen LogP contribution >= 0.6 is 0 Å². The third-order valence-electron chi connectivity index (χ3n) is 2.53. The molecule has 7 heteroatoms. The second-order valence-corrected chi connectivity index (χ2v) is 3.76. The summed E-state index contributed by atoms with van der Waals surface area (Å²) >= 11 is 0. The van der Waals surface area contributed by atoms with E-state index in [9.17, 15) is 9.70 Å². The van der Waals surface area contributed by atoms with Crippen LogP contribution in [0, 0.1) is 10.3 Å². The zero-order chi connectivity index (χ0) is 13.5. The monoisotopic (exact) mass is 252 g/mol. The zero-order valence-electron chi connectivity index (χ0n) is 10.4. The molecule has 18 heavy (non-hydrogen) atoms. The molecule has 0 fully saturated rings. The molecule has 1 amide bonds. The first-order valence-corrected chi connectivity index (χ1v) is 5.48. The van der Waals surface area contributed by atoms with E-state index in [1.54, 1.807) is 14.0 Å². The Morgan fingerprint density at radius 2 is 2.28 bits per heavy atom. The smallest absolute Gasteiger partial charge is 0.252 e. The number of rotatable bonds is 6. The number of ether oxygens (including phenoxy) is 1. The summed E-state index contributed by atoms with van der Waals surface area (Å²) in [5, 5.41) is 10.5. The number of nitroso groups, excluding NO2 is 1. The van der Waals surface area contributed by atoms with Crippen molar-refractivity contribution in [3.63, 3.8) is 0 Å². The maximum Gasteiger partial charge on any atom is 0.252 e. The van der Waals surface area contributed by atoms with E-state index in [1.807, 2.05) is 0 Å². The van der Waals surface area contributed by atoms with Crippen molar-refractivity contribution in [3.05, 3.63) is 28.3 Å². The molecule has 98 valence electrons. The fraction of sp³-hybridized carbons (Fsp3) is 0.455. The molecule has 0 atom stereocenters. The lowest BCUT2D eigenvalue weighted by molar-refractivity contribution is -0.122. The molecule has 0 radical (unpaired) electrons. The Labute approximate surface area is 105 Å². The van der Waals surface area contributed by atoms with Crippen LogP contribution in [0.25, 0.3) is 0 Å². The lowest BCUT2D eigenvalue weighted by atomic mass is 10.1. The first-order valence-electron chi connectivity index (χ1n) is 5.48. The van der Waals surface area contributed by atoms with E-state index in [-0.39, 0.29) is 11.7 Å². The Bertz CT molecular complexity index is 415. The van der Waals surface area contributed by atoms with E-state index in [2.05, 4.69) is 10.7 Å². The van der Waals surface area contributed by atoms with E-state index in [0.717, 1.165) is 0 Å². The van der Waals surface area contributed by atoms with Gasteiger partial charge in [-0.2, -0.15) is 0 Å². The summed E-state index contributed by atoms with van der Waals surface area (Å²) in [6.07, 6.45) is 3.52. The summed E-state index contributed by atoms with van der Waals surface area (Å²) in [4.78, 5) is 23.1. The molecule has 0 bridgehead atoms. The van der Waals surface area contributed by atoms with Gasteiger partial charge in [-0.15, -0.1) is 4.91 Å². The number of nitrogens with one attached hydrogen (secondary N) is 2. The molecule has 0 spiro atoms. The second kappa shape index (κ2) is 6.65. The van der Waals surface area contributed by atoms with E-state index >= 15 is 0 Å². The third-order valence-corrected chi connectivity index (χ3v) is 2.53. The van der Waals surface area contributed by atoms with E-state index in [4.69, 9.17) is 10.1 Å². The SMILES string of the molecule is COCCCN1C(=N)/C(=C(/C)NN=O)C=CC1=O. The van der Waals surface area contributed by atoms with Gasteiger partial charge in [0.15, 0.2) is 0 Å². The number of allylic oxidation sites excluding steroid dienone is 1. The van der Waals surface area contributed by atoms with Crippen molar-refractivity contribution in [2.75, 3.05) is 20.3 Å². The second-order valence-electron chi connectivity index (χ2n) is 3.76. The quantitative estimate of drug-likeness (QED) is 0.418. The van der Waals surface area contributed by atoms with Gasteiger partial charge in [-0.05, 0) is 19.4 Å². The maximum absolute atomic E-state index is 11.7. The van der Waals surface area contributed by atoms with Gasteiger partial charge in [0.1, 0.15) is 5.84 Å². The van der Waals surface area contributed by atoms with Crippen LogP contribution in [-0.4, -0.2) is 36.9 Å². The van der Waals surface area contributed by atoms with Gasteiger partial charge in [-0.3, -0.25) is 15.1 Å². The average Bonchev–Trinajstić information content (AvgIpc) is 2.33. The highest BCUT2D eigenvalue weighted by molar-refractivity contribution is 6.14. The summed E-state index contributed by atoms with van der Waals surface area (Å²) in [5.74, 6) is -0.182. The van der Waals surface area contributed by atoms with E-state index < -0.39 is 0 Å². The predicted molar refractivity (Wildman–Crippen MR) is 66.7 cm³/mol. The van der Waals surface area contributed by atoms with Crippen LogP contribution in [0.5, 0.6) is 0 Å². The molecule has 2 N–H and O–H groups in total. The molecule has 1 rings (SSSR count). The minimum absolute atomic E-state index is 0.0623. The Morgan fingerprint density at radius 3 is 2.89 bits per heavy atom. The van der Waals surface area contributed by atoms with Crippen molar-refractivity contribution >= 4 is 11.7 Å². The molecule has 0 aliphatic carbocycles. The van der Waals surface area contributed by atoms with Crippen LogP contribution in [0.15, 0.2) is 28.7 Å². The Morgan fingerprint density at radius 1 is 1.56 bits per heavy atom. The van der Waals surface area contributed by atoms with Crippen molar-refractivity contribution in [1.82, 2.24) is 10.3 Å². The van der Waals surface area contributed by atoms with Gasteiger partial charge >= 0.3 is 0 Å². The van der Waals surface area contributed by atoms with E-state index in [1.165, 1.54) is 17.1 Å². The molecule has 0 saturated heterocycles. The molecule has 0 aromatic rings. The summed E-state index contributed by atoms with van der Waals surface area (Å²) < 4.78 is 4.91. The molecule has 1 aliphatic rings. The standard InChI is InChI=1S/C11H16N4O3/c1-8(13-14-17)9-4-5-10(16)15(11(9)12)6-3-7-18-2/h4-5,12H,3,6-7H2,1-2H3,(H,13,17)/b9-8-,12-11?. The number of methoxy groups -OCH3 is 1. The number of hydrogen-bond acceptors (Lipinski definition) is 5. The number of hydrogen-bond donors (Lipinski definition) is 2. The van der Waals surface area contributed by atoms with Crippen molar-refractivity contribution in [3.8, 4) is 0 Å². The largest absolute Gasteiger partial charge is 0.385 e. The van der Waals surface area contributed by atoms with Crippen molar-refractivity contribution in [2.45, 2.75) is 13.3 Å². The van der Waals surface area contributed by atoms with Gasteiger partial charge in [-0.25, -0.2) is 5.43 Å². The summed E-state index contributed by atoms with van der Waals surface area (Å²) in [7, 11) is 1.58. The highest BCUT2D eigenvalue weighted by atomic mass is 16.5. The van der Waals surface area contributed by atoms with E-state index in [0.29, 0.717) is 30.8 Å². The lowest BCUT2D eigenvalue weighted by Crippen LogP contribution is -2.40. The van der Waals surface area contributed by atoms with Gasteiger partial charge in [0, 0.05) is 37.6 Å². The molecule has 1 aliphatic heterocycles. The predicted octanol–water partition coefficient (Wildman–Crippen LogP) is 0.944. The Balaban J connectivity index is 2.85. The van der Waals surface area contributed by atoms with Gasteiger partial charge < -0.3 is 4.74 Å². The normalized spacial score (nSPS) is 18.0. The third kappa shape index (κ3) is 3.24. The van der Waals surface area contributed by atoms with Crippen molar-refractivity contribution < 1.29 is 9.53 Å². The van der Waals surface area contributed by atoms with Crippen LogP contribution < -0.4 is 5.43 Å². The van der Waals surface area contributed by atoms with Crippen molar-refractivity contribution in [2.24, 2.45) is 5.29 Å². The summed E-state index contributed by atoms with van der Waals surface area (Å²) in [5.41, 5.74) is 3.16. The lowest BCUT2D eigenvalue weighted by Gasteiger charge is -2.26. The number of nitrogens with zero attached hydrogens (tertiary/aromatic N) is 2. The topological polar surface area (TPSA) is 94.8 Å². The number of carbonyl (C=O) groups is 1. The maximum atomic E-state index is 11.7. The van der Waals surface area contributed by atoms with Crippen molar-refractivity contribution in [1.29, 1.82) is 5.41 Å². The summed E-state index contributed by atoms with van der Waals surface area (Å²) in [6, 6.07) is 0. The molecule has 0 unspecified atom stereocenters. The van der Waals surface area contributed by atoms with Gasteiger partial charge in [0.25, 0.3) is 5.91 Å². The number of carbonyl (C=O) groups excluding carboxylic acids is 1. The van der Waals surface area contributed by atoms with Gasteiger partial charge in [0.2, 0.25) is 0 Å². The Kier molecular flexibility index (Phi) is 5.19. The fourth-order valence-corrected chi connectivity index (χ4v) is 1.60. The first-order chi connectivity index (χ1) is 8.61. The molecule has 0 aromatic carbocycles. The highest BCUT2D eigenvalue weighted by Gasteiger charge is 2.23. The van der Waals surface area contributed by atoms with Gasteiger partial charge in [0.05, 0.1) is 5.29 Å². The molecule has 7 nitrogen and oxygen atoms in total. The fourth-order valence-electron chi connectivity index (χ4n) is 1.60. The Hall–Kier alpha value is -2.02. The average molecular weight is 252 g/mol. The first kappa shape index (κ1) is 14.0. The minimum atomic E-state index is -0.244.